The lowest BCUT2D eigenvalue weighted by atomic mass is 9.72. The van der Waals surface area contributed by atoms with Gasteiger partial charge in [0.1, 0.15) is 6.61 Å². The number of ketones is 1. The normalized spacial score (nSPS) is 20.1. The molecule has 4 rings (SSSR count). The fraction of sp³-hybridized carbons (Fsp3) is 0.360. The number of non-ortho nitro benzene ring substituents is 1. The second-order valence-corrected chi connectivity index (χ2v) is 10.6. The van der Waals surface area contributed by atoms with Gasteiger partial charge in [-0.05, 0) is 36.1 Å². The largest absolute Gasteiger partial charge is 0.461 e. The minimum atomic E-state index is -0.625. The number of nitro benzene ring substituents is 1. The fourth-order valence-corrected chi connectivity index (χ4v) is 5.89. The Hall–Kier alpha value is -2.91. The van der Waals surface area contributed by atoms with E-state index in [1.165, 1.54) is 12.1 Å². The third-order valence-electron chi connectivity index (χ3n) is 6.10. The molecule has 2 unspecified atom stereocenters. The number of carbonyl (C=O) groups is 2. The van der Waals surface area contributed by atoms with Crippen molar-refractivity contribution in [2.24, 2.45) is 0 Å². The van der Waals surface area contributed by atoms with Crippen LogP contribution < -0.4 is 5.32 Å². The van der Waals surface area contributed by atoms with Crippen LogP contribution in [0.25, 0.3) is 0 Å². The van der Waals surface area contributed by atoms with Crippen molar-refractivity contribution >= 4 is 40.5 Å². The van der Waals surface area contributed by atoms with Gasteiger partial charge in [-0.3, -0.25) is 14.9 Å². The summed E-state index contributed by atoms with van der Waals surface area (Å²) in [5, 5.41) is 16.5. The van der Waals surface area contributed by atoms with E-state index < -0.39 is 16.8 Å². The summed E-state index contributed by atoms with van der Waals surface area (Å²) in [4.78, 5) is 38.5. The number of ether oxygens (including phenoxy) is 1. The maximum Gasteiger partial charge on any atom is 0.336 e. The van der Waals surface area contributed by atoms with Gasteiger partial charge in [-0.2, -0.15) is 11.8 Å². The molecule has 0 bridgehead atoms. The first kappa shape index (κ1) is 24.2. The second-order valence-electron chi connectivity index (χ2n) is 8.21. The van der Waals surface area contributed by atoms with Crippen LogP contribution in [0.1, 0.15) is 49.0 Å². The Labute approximate surface area is 206 Å². The minimum absolute atomic E-state index is 0.0187. The Morgan fingerprint density at radius 1 is 1.26 bits per heavy atom. The predicted octanol–water partition coefficient (Wildman–Crippen LogP) is 5.31. The van der Waals surface area contributed by atoms with Crippen molar-refractivity contribution in [1.82, 2.24) is 5.32 Å². The Balaban J connectivity index is 1.72. The quantitative estimate of drug-likeness (QED) is 0.228. The van der Waals surface area contributed by atoms with Gasteiger partial charge in [-0.25, -0.2) is 4.79 Å². The molecule has 1 aliphatic heterocycles. The van der Waals surface area contributed by atoms with Crippen molar-refractivity contribution in [3.8, 4) is 0 Å². The van der Waals surface area contributed by atoms with E-state index in [1.54, 1.807) is 35.2 Å². The molecule has 0 fully saturated rings. The number of dihydropyridines is 1. The predicted molar refractivity (Wildman–Crippen MR) is 134 cm³/mol. The Morgan fingerprint density at radius 2 is 2.03 bits per heavy atom. The number of nitro groups is 1. The number of carbonyl (C=O) groups excluding carboxylic acids is 2. The summed E-state index contributed by atoms with van der Waals surface area (Å²) in [5.41, 5.74) is 3.03. The summed E-state index contributed by atoms with van der Waals surface area (Å²) in [5.74, 6) is 0.602. The Kier molecular flexibility index (Phi) is 7.53. The molecule has 0 saturated heterocycles. The number of thioether (sulfide) groups is 1. The number of rotatable bonds is 8. The summed E-state index contributed by atoms with van der Waals surface area (Å²) < 4.78 is 5.56. The zero-order valence-electron chi connectivity index (χ0n) is 19.0. The highest BCUT2D eigenvalue weighted by atomic mass is 32.2. The van der Waals surface area contributed by atoms with Crippen molar-refractivity contribution in [3.63, 3.8) is 0 Å². The average Bonchev–Trinajstić information content (AvgIpc) is 3.36. The van der Waals surface area contributed by atoms with Gasteiger partial charge in [0, 0.05) is 58.0 Å². The molecule has 2 aromatic rings. The molecule has 1 aliphatic carbocycles. The number of thiophene rings is 1. The molecule has 0 amide bonds. The highest BCUT2D eigenvalue weighted by molar-refractivity contribution is 7.99. The fourth-order valence-electron chi connectivity index (χ4n) is 4.57. The number of hydrogen-bond donors (Lipinski definition) is 1. The smallest absolute Gasteiger partial charge is 0.336 e. The average molecular weight is 499 g/mol. The van der Waals surface area contributed by atoms with Crippen LogP contribution in [0.2, 0.25) is 0 Å². The zero-order chi connectivity index (χ0) is 24.2. The van der Waals surface area contributed by atoms with Crippen LogP contribution in [0.3, 0.4) is 0 Å². The van der Waals surface area contributed by atoms with Crippen LogP contribution in [-0.2, 0) is 14.3 Å². The summed E-state index contributed by atoms with van der Waals surface area (Å²) in [6.45, 7) is 4.14. The molecule has 7 nitrogen and oxygen atoms in total. The van der Waals surface area contributed by atoms with Gasteiger partial charge in [0.2, 0.25) is 0 Å². The van der Waals surface area contributed by atoms with Gasteiger partial charge < -0.3 is 10.1 Å². The first-order valence-electron chi connectivity index (χ1n) is 11.2. The van der Waals surface area contributed by atoms with E-state index >= 15 is 0 Å². The topological polar surface area (TPSA) is 98.5 Å². The molecule has 178 valence electrons. The molecule has 1 aromatic heterocycles. The first-order valence-corrected chi connectivity index (χ1v) is 13.2. The van der Waals surface area contributed by atoms with Crippen molar-refractivity contribution in [2.75, 3.05) is 18.1 Å². The summed E-state index contributed by atoms with van der Waals surface area (Å²) in [7, 11) is 0. The number of nitrogens with one attached hydrogen (secondary N) is 1. The van der Waals surface area contributed by atoms with Crippen molar-refractivity contribution < 1.29 is 19.2 Å². The third kappa shape index (κ3) is 4.95. The number of allylic oxidation sites excluding steroid dienone is 3. The van der Waals surface area contributed by atoms with E-state index in [9.17, 15) is 19.7 Å². The monoisotopic (exact) mass is 498 g/mol. The Morgan fingerprint density at radius 3 is 2.68 bits per heavy atom. The lowest BCUT2D eigenvalue weighted by Crippen LogP contribution is -2.36. The standard InChI is InChI=1S/C25H26N2O5S2/c1-3-33-12-10-32-25(29)22-15(2)26-19-13-17(21-5-4-11-34-21)14-20(28)24(19)23(22)16-6-8-18(9-7-16)27(30)31/h4-9,11,17,23,26H,3,10,12-14H2,1-2H3. The van der Waals surface area contributed by atoms with E-state index in [1.807, 2.05) is 31.4 Å². The van der Waals surface area contributed by atoms with Crippen LogP contribution in [0.15, 0.2) is 64.3 Å². The molecule has 1 aromatic carbocycles. The van der Waals surface area contributed by atoms with Crippen LogP contribution in [0, 0.1) is 10.1 Å². The van der Waals surface area contributed by atoms with Crippen molar-refractivity contribution in [1.29, 1.82) is 0 Å². The number of nitrogens with zero attached hydrogens (tertiary/aromatic N) is 1. The Bertz CT molecular complexity index is 1150. The molecular weight excluding hydrogens is 472 g/mol. The van der Waals surface area contributed by atoms with E-state index in [2.05, 4.69) is 5.32 Å². The van der Waals surface area contributed by atoms with Gasteiger partial charge in [-0.15, -0.1) is 11.3 Å². The molecule has 2 atom stereocenters. The van der Waals surface area contributed by atoms with E-state index in [0.29, 0.717) is 41.0 Å². The highest BCUT2D eigenvalue weighted by Gasteiger charge is 2.41. The number of esters is 1. The molecule has 0 radical (unpaired) electrons. The molecule has 2 aliphatic rings. The molecule has 2 heterocycles. The van der Waals surface area contributed by atoms with Gasteiger partial charge in [0.25, 0.3) is 5.69 Å². The number of Topliss-reactive ketones (excluding diaryl/α,β-unsaturated/α-hetero) is 1. The lowest BCUT2D eigenvalue weighted by molar-refractivity contribution is -0.384. The van der Waals surface area contributed by atoms with Gasteiger partial charge in [0.15, 0.2) is 5.78 Å². The van der Waals surface area contributed by atoms with Crippen LogP contribution >= 0.6 is 23.1 Å². The van der Waals surface area contributed by atoms with Crippen LogP contribution in [0.4, 0.5) is 5.69 Å². The van der Waals surface area contributed by atoms with Gasteiger partial charge >= 0.3 is 5.97 Å². The van der Waals surface area contributed by atoms with Crippen molar-refractivity contribution in [3.05, 3.63) is 84.9 Å². The maximum absolute atomic E-state index is 13.5. The molecule has 34 heavy (non-hydrogen) atoms. The molecule has 9 heteroatoms. The van der Waals surface area contributed by atoms with Crippen LogP contribution in [-0.4, -0.2) is 34.8 Å². The van der Waals surface area contributed by atoms with Crippen molar-refractivity contribution in [2.45, 2.75) is 38.5 Å². The third-order valence-corrected chi connectivity index (χ3v) is 7.99. The summed E-state index contributed by atoms with van der Waals surface area (Å²) >= 11 is 3.32. The lowest BCUT2D eigenvalue weighted by Gasteiger charge is -2.36. The van der Waals surface area contributed by atoms with Crippen LogP contribution in [0.5, 0.6) is 0 Å². The maximum atomic E-state index is 13.5. The molecule has 0 spiro atoms. The highest BCUT2D eigenvalue weighted by Crippen LogP contribution is 2.46. The van der Waals surface area contributed by atoms with E-state index in [0.717, 1.165) is 16.3 Å². The van der Waals surface area contributed by atoms with E-state index in [4.69, 9.17) is 4.74 Å². The summed E-state index contributed by atoms with van der Waals surface area (Å²) in [6, 6.07) is 10.1. The number of hydrogen-bond acceptors (Lipinski definition) is 8. The SMILES string of the molecule is CCSCCOC(=O)C1=C(C)NC2=C(C(=O)CC(c3cccs3)C2)C1c1ccc([N+](=O)[O-])cc1. The number of benzene rings is 1. The minimum Gasteiger partial charge on any atom is -0.461 e. The van der Waals surface area contributed by atoms with Gasteiger partial charge in [0.05, 0.1) is 10.5 Å². The summed E-state index contributed by atoms with van der Waals surface area (Å²) in [6.07, 6.45) is 1.02. The molecule has 1 N–H and O–H groups in total. The van der Waals surface area contributed by atoms with Gasteiger partial charge in [-0.1, -0.05) is 25.1 Å². The second kappa shape index (κ2) is 10.6. The first-order chi connectivity index (χ1) is 16.4. The van der Waals surface area contributed by atoms with E-state index in [-0.39, 0.29) is 24.0 Å². The zero-order valence-corrected chi connectivity index (χ0v) is 20.7. The molecular formula is C25H26N2O5S2. The molecule has 0 saturated carbocycles.